The molecule has 0 unspecified atom stereocenters. The molecule has 2 aromatic carbocycles. The molecule has 0 bridgehead atoms. The maximum atomic E-state index is 11.7. The third-order valence-corrected chi connectivity index (χ3v) is 5.71. The van der Waals surface area contributed by atoms with Crippen molar-refractivity contribution in [3.05, 3.63) is 58.1 Å². The lowest BCUT2D eigenvalue weighted by molar-refractivity contribution is -0.384. The topological polar surface area (TPSA) is 104 Å². The third-order valence-electron chi connectivity index (χ3n) is 4.60. The van der Waals surface area contributed by atoms with E-state index in [4.69, 9.17) is 0 Å². The van der Waals surface area contributed by atoms with Crippen LogP contribution in [0.3, 0.4) is 0 Å². The van der Waals surface area contributed by atoms with Crippen LogP contribution in [-0.2, 0) is 16.4 Å². The van der Waals surface area contributed by atoms with Crippen LogP contribution in [0.1, 0.15) is 5.56 Å². The fraction of sp³-hybridized carbons (Fsp3) is 0.333. The summed E-state index contributed by atoms with van der Waals surface area (Å²) in [4.78, 5) is 15.0. The molecular formula is C18H21N3O5S. The van der Waals surface area contributed by atoms with Gasteiger partial charge in [-0.05, 0) is 29.8 Å². The van der Waals surface area contributed by atoms with Crippen molar-refractivity contribution in [1.29, 1.82) is 0 Å². The van der Waals surface area contributed by atoms with E-state index in [-0.39, 0.29) is 16.3 Å². The minimum atomic E-state index is -3.50. The van der Waals surface area contributed by atoms with Crippen LogP contribution < -0.4 is 4.90 Å². The van der Waals surface area contributed by atoms with Gasteiger partial charge in [0, 0.05) is 45.0 Å². The fourth-order valence-corrected chi connectivity index (χ4v) is 3.85. The molecule has 1 aliphatic heterocycles. The number of benzene rings is 2. The van der Waals surface area contributed by atoms with Gasteiger partial charge in [-0.1, -0.05) is 12.1 Å². The Morgan fingerprint density at radius 3 is 2.41 bits per heavy atom. The quantitative estimate of drug-likeness (QED) is 0.614. The van der Waals surface area contributed by atoms with Gasteiger partial charge in [-0.3, -0.25) is 15.0 Å². The standard InChI is InChI=1S/C18H21N3O5S/c1-27(25,26)16-5-6-17(18(12-16)21(23)24)20-9-7-19(8-10-20)13-14-3-2-4-15(22)11-14/h2-6,11-12,22H,7-10,13H2,1H3. The lowest BCUT2D eigenvalue weighted by Crippen LogP contribution is -2.46. The number of nitro groups is 1. The second kappa shape index (κ2) is 7.53. The average molecular weight is 391 g/mol. The van der Waals surface area contributed by atoms with Crippen LogP contribution in [-0.4, -0.2) is 55.8 Å². The monoisotopic (exact) mass is 391 g/mol. The Balaban J connectivity index is 1.73. The zero-order chi connectivity index (χ0) is 19.6. The van der Waals surface area contributed by atoms with E-state index in [0.717, 1.165) is 17.9 Å². The predicted molar refractivity (Wildman–Crippen MR) is 102 cm³/mol. The molecule has 3 rings (SSSR count). The highest BCUT2D eigenvalue weighted by atomic mass is 32.2. The van der Waals surface area contributed by atoms with Gasteiger partial charge in [-0.2, -0.15) is 0 Å². The van der Waals surface area contributed by atoms with Gasteiger partial charge in [0.1, 0.15) is 11.4 Å². The first-order valence-corrected chi connectivity index (χ1v) is 10.4. The van der Waals surface area contributed by atoms with Crippen LogP contribution >= 0.6 is 0 Å². The molecule has 0 atom stereocenters. The van der Waals surface area contributed by atoms with E-state index in [1.54, 1.807) is 18.2 Å². The predicted octanol–water partition coefficient (Wildman–Crippen LogP) is 2.03. The number of phenols is 1. The van der Waals surface area contributed by atoms with Gasteiger partial charge < -0.3 is 10.0 Å². The Morgan fingerprint density at radius 2 is 1.81 bits per heavy atom. The highest BCUT2D eigenvalue weighted by molar-refractivity contribution is 7.90. The number of piperazine rings is 1. The average Bonchev–Trinajstić information content (AvgIpc) is 2.61. The molecule has 8 nitrogen and oxygen atoms in total. The van der Waals surface area contributed by atoms with Gasteiger partial charge in [0.05, 0.1) is 9.82 Å². The summed E-state index contributed by atoms with van der Waals surface area (Å²) in [6, 6.07) is 11.1. The van der Waals surface area contributed by atoms with Crippen LogP contribution in [0, 0.1) is 10.1 Å². The Kier molecular flexibility index (Phi) is 5.33. The number of hydrogen-bond donors (Lipinski definition) is 1. The summed E-state index contributed by atoms with van der Waals surface area (Å²) < 4.78 is 23.4. The summed E-state index contributed by atoms with van der Waals surface area (Å²) in [5, 5.41) is 21.0. The Hall–Kier alpha value is -2.65. The molecule has 0 spiro atoms. The largest absolute Gasteiger partial charge is 0.508 e. The normalized spacial score (nSPS) is 15.7. The fourth-order valence-electron chi connectivity index (χ4n) is 3.21. The maximum Gasteiger partial charge on any atom is 0.293 e. The third kappa shape index (κ3) is 4.55. The smallest absolute Gasteiger partial charge is 0.293 e. The lowest BCUT2D eigenvalue weighted by Gasteiger charge is -2.35. The number of hydrogen-bond acceptors (Lipinski definition) is 7. The minimum Gasteiger partial charge on any atom is -0.508 e. The number of nitro benzene ring substituents is 1. The van der Waals surface area contributed by atoms with Gasteiger partial charge in [-0.25, -0.2) is 8.42 Å². The summed E-state index contributed by atoms with van der Waals surface area (Å²) in [6.45, 7) is 3.30. The molecule has 1 N–H and O–H groups in total. The van der Waals surface area contributed by atoms with Crippen LogP contribution in [0.25, 0.3) is 0 Å². The second-order valence-corrected chi connectivity index (χ2v) is 8.63. The van der Waals surface area contributed by atoms with Gasteiger partial charge in [0.15, 0.2) is 9.84 Å². The van der Waals surface area contributed by atoms with E-state index >= 15 is 0 Å². The molecular weight excluding hydrogens is 370 g/mol. The summed E-state index contributed by atoms with van der Waals surface area (Å²) >= 11 is 0. The van der Waals surface area contributed by atoms with Gasteiger partial charge in [0.25, 0.3) is 5.69 Å². The van der Waals surface area contributed by atoms with E-state index in [1.165, 1.54) is 12.1 Å². The molecule has 1 heterocycles. The van der Waals surface area contributed by atoms with E-state index in [9.17, 15) is 23.6 Å². The van der Waals surface area contributed by atoms with Crippen LogP contribution in [0.5, 0.6) is 5.75 Å². The molecule has 1 fully saturated rings. The number of anilines is 1. The molecule has 0 aliphatic carbocycles. The van der Waals surface area contributed by atoms with Crippen molar-refractivity contribution >= 4 is 21.2 Å². The number of aromatic hydroxyl groups is 1. The highest BCUT2D eigenvalue weighted by Gasteiger charge is 2.25. The minimum absolute atomic E-state index is 0.0551. The van der Waals surface area contributed by atoms with Crippen molar-refractivity contribution in [3.8, 4) is 5.75 Å². The van der Waals surface area contributed by atoms with Gasteiger partial charge in [0.2, 0.25) is 0 Å². The molecule has 0 saturated carbocycles. The Bertz CT molecular complexity index is 953. The highest BCUT2D eigenvalue weighted by Crippen LogP contribution is 2.31. The van der Waals surface area contributed by atoms with Crippen LogP contribution in [0.15, 0.2) is 47.4 Å². The molecule has 144 valence electrons. The summed E-state index contributed by atoms with van der Waals surface area (Å²) in [5.41, 5.74) is 1.25. The van der Waals surface area contributed by atoms with Crippen LogP contribution in [0.2, 0.25) is 0 Å². The first kappa shape index (κ1) is 19.1. The number of phenolic OH excluding ortho intramolecular Hbond substituents is 1. The number of sulfone groups is 1. The Labute approximate surface area is 157 Å². The Morgan fingerprint density at radius 1 is 1.11 bits per heavy atom. The van der Waals surface area contributed by atoms with Gasteiger partial charge >= 0.3 is 0 Å². The van der Waals surface area contributed by atoms with Crippen molar-refractivity contribution in [3.63, 3.8) is 0 Å². The SMILES string of the molecule is CS(=O)(=O)c1ccc(N2CCN(Cc3cccc(O)c3)CC2)c([N+](=O)[O-])c1. The molecule has 1 saturated heterocycles. The first-order chi connectivity index (χ1) is 12.7. The van der Waals surface area contributed by atoms with E-state index in [2.05, 4.69) is 4.90 Å². The molecule has 27 heavy (non-hydrogen) atoms. The summed E-state index contributed by atoms with van der Waals surface area (Å²) in [5.74, 6) is 0.229. The molecule has 0 radical (unpaired) electrons. The van der Waals surface area contributed by atoms with Crippen LogP contribution in [0.4, 0.5) is 11.4 Å². The zero-order valence-electron chi connectivity index (χ0n) is 14.9. The van der Waals surface area contributed by atoms with Crippen molar-refractivity contribution in [2.24, 2.45) is 0 Å². The van der Waals surface area contributed by atoms with E-state index in [0.29, 0.717) is 38.4 Å². The van der Waals surface area contributed by atoms with Gasteiger partial charge in [-0.15, -0.1) is 0 Å². The van der Waals surface area contributed by atoms with Crippen molar-refractivity contribution in [1.82, 2.24) is 4.90 Å². The first-order valence-electron chi connectivity index (χ1n) is 8.48. The second-order valence-electron chi connectivity index (χ2n) is 6.61. The van der Waals surface area contributed by atoms with Crippen molar-refractivity contribution in [2.75, 3.05) is 37.3 Å². The van der Waals surface area contributed by atoms with Crippen molar-refractivity contribution in [2.45, 2.75) is 11.4 Å². The molecule has 9 heteroatoms. The van der Waals surface area contributed by atoms with E-state index in [1.807, 2.05) is 11.0 Å². The molecule has 0 amide bonds. The maximum absolute atomic E-state index is 11.7. The van der Waals surface area contributed by atoms with Crippen molar-refractivity contribution < 1.29 is 18.4 Å². The molecule has 1 aliphatic rings. The molecule has 0 aromatic heterocycles. The summed E-state index contributed by atoms with van der Waals surface area (Å²) in [7, 11) is -3.50. The summed E-state index contributed by atoms with van der Waals surface area (Å²) in [6.07, 6.45) is 1.03. The number of nitrogens with zero attached hydrogens (tertiary/aromatic N) is 3. The number of rotatable bonds is 5. The molecule has 2 aromatic rings. The van der Waals surface area contributed by atoms with E-state index < -0.39 is 14.8 Å². The lowest BCUT2D eigenvalue weighted by atomic mass is 10.1. The zero-order valence-corrected chi connectivity index (χ0v) is 15.7.